The van der Waals surface area contributed by atoms with E-state index in [1.807, 2.05) is 19.1 Å². The van der Waals surface area contributed by atoms with Crippen LogP contribution in [-0.2, 0) is 0 Å². The highest BCUT2D eigenvalue weighted by Gasteiger charge is 2.14. The second-order valence-electron chi connectivity index (χ2n) is 6.29. The van der Waals surface area contributed by atoms with E-state index in [9.17, 15) is 9.59 Å². The van der Waals surface area contributed by atoms with Gasteiger partial charge in [0.2, 0.25) is 0 Å². The van der Waals surface area contributed by atoms with Gasteiger partial charge in [0.1, 0.15) is 11.5 Å². The van der Waals surface area contributed by atoms with Crippen molar-refractivity contribution in [2.24, 2.45) is 5.10 Å². The monoisotopic (exact) mass is 466 g/mol. The van der Waals surface area contributed by atoms with Gasteiger partial charge < -0.3 is 9.47 Å². The predicted molar refractivity (Wildman–Crippen MR) is 118 cm³/mol. The van der Waals surface area contributed by atoms with E-state index >= 15 is 0 Å². The molecule has 0 unspecified atom stereocenters. The molecule has 3 rings (SSSR count). The van der Waals surface area contributed by atoms with E-state index in [1.54, 1.807) is 54.6 Å². The van der Waals surface area contributed by atoms with Crippen LogP contribution in [0.5, 0.6) is 11.5 Å². The standard InChI is InChI=1S/C23H19BrN2O4/c1-15-7-3-4-8-18(15)23(28)30-20-12-11-17(24)13-16(20)14-25-26-22(27)19-9-5-6-10-21(19)29-2/h3-14H,1-2H3,(H,26,27)/b25-14-. The zero-order chi connectivity index (χ0) is 21.5. The average Bonchev–Trinajstić information content (AvgIpc) is 2.75. The third-order valence-corrected chi connectivity index (χ3v) is 4.75. The minimum absolute atomic E-state index is 0.321. The first-order valence-electron chi connectivity index (χ1n) is 9.03. The lowest BCUT2D eigenvalue weighted by molar-refractivity contribution is 0.0733. The van der Waals surface area contributed by atoms with E-state index in [0.717, 1.165) is 10.0 Å². The number of hydrogen-bond donors (Lipinski definition) is 1. The topological polar surface area (TPSA) is 77.0 Å². The Kier molecular flexibility index (Phi) is 6.98. The van der Waals surface area contributed by atoms with Crippen LogP contribution in [0.4, 0.5) is 0 Å². The Morgan fingerprint density at radius 3 is 2.40 bits per heavy atom. The number of hydrazone groups is 1. The van der Waals surface area contributed by atoms with E-state index in [1.165, 1.54) is 13.3 Å². The van der Waals surface area contributed by atoms with Gasteiger partial charge in [0.25, 0.3) is 5.91 Å². The van der Waals surface area contributed by atoms with Gasteiger partial charge in [-0.3, -0.25) is 4.79 Å². The van der Waals surface area contributed by atoms with Crippen LogP contribution in [0.3, 0.4) is 0 Å². The van der Waals surface area contributed by atoms with Gasteiger partial charge in [0, 0.05) is 10.0 Å². The van der Waals surface area contributed by atoms with Crippen molar-refractivity contribution in [3.63, 3.8) is 0 Å². The molecule has 7 heteroatoms. The number of para-hydroxylation sites is 1. The van der Waals surface area contributed by atoms with E-state index in [0.29, 0.717) is 28.2 Å². The normalized spacial score (nSPS) is 10.6. The molecular formula is C23H19BrN2O4. The molecule has 3 aromatic carbocycles. The largest absolute Gasteiger partial charge is 0.496 e. The van der Waals surface area contributed by atoms with Crippen LogP contribution in [-0.4, -0.2) is 25.2 Å². The zero-order valence-electron chi connectivity index (χ0n) is 16.4. The molecule has 1 N–H and O–H groups in total. The van der Waals surface area contributed by atoms with Gasteiger partial charge in [-0.25, -0.2) is 10.2 Å². The van der Waals surface area contributed by atoms with Gasteiger partial charge in [-0.05, 0) is 48.9 Å². The van der Waals surface area contributed by atoms with Crippen molar-refractivity contribution in [1.29, 1.82) is 0 Å². The van der Waals surface area contributed by atoms with Crippen molar-refractivity contribution in [2.75, 3.05) is 7.11 Å². The number of amides is 1. The van der Waals surface area contributed by atoms with Crippen molar-refractivity contribution in [3.05, 3.63) is 93.5 Å². The summed E-state index contributed by atoms with van der Waals surface area (Å²) >= 11 is 3.39. The Hall–Kier alpha value is -3.45. The molecule has 0 atom stereocenters. The molecule has 6 nitrogen and oxygen atoms in total. The second kappa shape index (κ2) is 9.84. The van der Waals surface area contributed by atoms with E-state index < -0.39 is 11.9 Å². The zero-order valence-corrected chi connectivity index (χ0v) is 18.0. The molecule has 0 saturated heterocycles. The van der Waals surface area contributed by atoms with E-state index in [-0.39, 0.29) is 0 Å². The van der Waals surface area contributed by atoms with Crippen molar-refractivity contribution >= 4 is 34.0 Å². The van der Waals surface area contributed by atoms with Crippen molar-refractivity contribution < 1.29 is 19.1 Å². The van der Waals surface area contributed by atoms with Gasteiger partial charge in [-0.1, -0.05) is 46.3 Å². The molecular weight excluding hydrogens is 448 g/mol. The molecule has 3 aromatic rings. The number of carbonyl (C=O) groups is 2. The fraction of sp³-hybridized carbons (Fsp3) is 0.0870. The lowest BCUT2D eigenvalue weighted by atomic mass is 10.1. The molecule has 0 aliphatic heterocycles. The Morgan fingerprint density at radius 1 is 0.967 bits per heavy atom. The number of carbonyl (C=O) groups excluding carboxylic acids is 2. The van der Waals surface area contributed by atoms with Crippen molar-refractivity contribution in [1.82, 2.24) is 5.43 Å². The van der Waals surface area contributed by atoms with Gasteiger partial charge >= 0.3 is 5.97 Å². The highest BCUT2D eigenvalue weighted by atomic mass is 79.9. The van der Waals surface area contributed by atoms with Crippen LogP contribution in [0.15, 0.2) is 76.3 Å². The molecule has 0 aliphatic rings. The third kappa shape index (κ3) is 5.12. The highest BCUT2D eigenvalue weighted by molar-refractivity contribution is 9.10. The Labute approximate surface area is 182 Å². The molecule has 152 valence electrons. The van der Waals surface area contributed by atoms with Gasteiger partial charge in [0.05, 0.1) is 24.5 Å². The number of aryl methyl sites for hydroxylation is 1. The Balaban J connectivity index is 1.77. The van der Waals surface area contributed by atoms with E-state index in [2.05, 4.69) is 26.5 Å². The second-order valence-corrected chi connectivity index (χ2v) is 7.20. The Morgan fingerprint density at radius 2 is 1.67 bits per heavy atom. The summed E-state index contributed by atoms with van der Waals surface area (Å²) in [5.41, 5.74) is 4.63. The quantitative estimate of drug-likeness (QED) is 0.246. The third-order valence-electron chi connectivity index (χ3n) is 4.26. The minimum atomic E-state index is -0.469. The van der Waals surface area contributed by atoms with Crippen LogP contribution in [0.25, 0.3) is 0 Å². The average molecular weight is 467 g/mol. The molecule has 0 spiro atoms. The predicted octanol–water partition coefficient (Wildman–Crippen LogP) is 4.75. The summed E-state index contributed by atoms with van der Waals surface area (Å²) in [4.78, 5) is 24.9. The number of esters is 1. The maximum Gasteiger partial charge on any atom is 0.343 e. The number of ether oxygens (including phenoxy) is 2. The van der Waals surface area contributed by atoms with Gasteiger partial charge in [0.15, 0.2) is 0 Å². The molecule has 30 heavy (non-hydrogen) atoms. The summed E-state index contributed by atoms with van der Waals surface area (Å²) in [5.74, 6) is -0.123. The number of hydrogen-bond acceptors (Lipinski definition) is 5. The maximum atomic E-state index is 12.5. The fourth-order valence-corrected chi connectivity index (χ4v) is 3.10. The first kappa shape index (κ1) is 21.3. The van der Waals surface area contributed by atoms with Crippen molar-refractivity contribution in [3.8, 4) is 11.5 Å². The molecule has 0 heterocycles. The molecule has 0 aliphatic carbocycles. The summed E-state index contributed by atoms with van der Waals surface area (Å²) in [6, 6.07) is 19.2. The summed E-state index contributed by atoms with van der Waals surface area (Å²) in [7, 11) is 1.49. The summed E-state index contributed by atoms with van der Waals surface area (Å²) < 4.78 is 11.5. The molecule has 0 saturated carbocycles. The van der Waals surface area contributed by atoms with Gasteiger partial charge in [-0.2, -0.15) is 5.10 Å². The lowest BCUT2D eigenvalue weighted by Crippen LogP contribution is -2.18. The number of benzene rings is 3. The number of methoxy groups -OCH3 is 1. The van der Waals surface area contributed by atoms with Crippen LogP contribution in [0.1, 0.15) is 31.8 Å². The first-order valence-corrected chi connectivity index (χ1v) is 9.82. The van der Waals surface area contributed by atoms with E-state index in [4.69, 9.17) is 9.47 Å². The van der Waals surface area contributed by atoms with Gasteiger partial charge in [-0.15, -0.1) is 0 Å². The first-order chi connectivity index (χ1) is 14.5. The van der Waals surface area contributed by atoms with Crippen LogP contribution in [0.2, 0.25) is 0 Å². The molecule has 0 aromatic heterocycles. The maximum absolute atomic E-state index is 12.5. The molecule has 1 amide bonds. The fourth-order valence-electron chi connectivity index (χ4n) is 2.72. The van der Waals surface area contributed by atoms with Crippen LogP contribution < -0.4 is 14.9 Å². The number of halogens is 1. The molecule has 0 bridgehead atoms. The highest BCUT2D eigenvalue weighted by Crippen LogP contribution is 2.23. The van der Waals surface area contributed by atoms with Crippen LogP contribution in [0, 0.1) is 6.92 Å². The number of rotatable bonds is 6. The number of nitrogens with one attached hydrogen (secondary N) is 1. The van der Waals surface area contributed by atoms with Crippen molar-refractivity contribution in [2.45, 2.75) is 6.92 Å². The SMILES string of the molecule is COc1ccccc1C(=O)N/N=C\c1cc(Br)ccc1OC(=O)c1ccccc1C. The lowest BCUT2D eigenvalue weighted by Gasteiger charge is -2.10. The smallest absolute Gasteiger partial charge is 0.343 e. The molecule has 0 radical (unpaired) electrons. The Bertz CT molecular complexity index is 1110. The summed E-state index contributed by atoms with van der Waals surface area (Å²) in [6.45, 7) is 1.84. The minimum Gasteiger partial charge on any atom is -0.496 e. The van der Waals surface area contributed by atoms with Crippen LogP contribution >= 0.6 is 15.9 Å². The number of nitrogens with zero attached hydrogens (tertiary/aromatic N) is 1. The summed E-state index contributed by atoms with van der Waals surface area (Å²) in [6.07, 6.45) is 1.42. The molecule has 0 fully saturated rings. The summed E-state index contributed by atoms with van der Waals surface area (Å²) in [5, 5.41) is 4.00.